The van der Waals surface area contributed by atoms with Gasteiger partial charge in [0.05, 0.1) is 23.8 Å². The summed E-state index contributed by atoms with van der Waals surface area (Å²) >= 11 is 0. The van der Waals surface area contributed by atoms with Crippen molar-refractivity contribution in [2.75, 3.05) is 7.11 Å². The van der Waals surface area contributed by atoms with E-state index in [0.717, 1.165) is 48.4 Å². The zero-order valence-electron chi connectivity index (χ0n) is 15.5. The van der Waals surface area contributed by atoms with E-state index in [-0.39, 0.29) is 12.1 Å². The first kappa shape index (κ1) is 18.6. The van der Waals surface area contributed by atoms with Crippen molar-refractivity contribution in [3.05, 3.63) is 70.4 Å². The van der Waals surface area contributed by atoms with E-state index < -0.39 is 17.7 Å². The number of esters is 1. The van der Waals surface area contributed by atoms with Gasteiger partial charge >= 0.3 is 12.1 Å². The molecule has 0 aliphatic heterocycles. The first-order valence-corrected chi connectivity index (χ1v) is 9.28. The van der Waals surface area contributed by atoms with Gasteiger partial charge in [0.2, 0.25) is 0 Å². The molecule has 0 atom stereocenters. The van der Waals surface area contributed by atoms with Gasteiger partial charge in [-0.3, -0.25) is 0 Å². The Kier molecular flexibility index (Phi) is 4.65. The lowest BCUT2D eigenvalue weighted by Crippen LogP contribution is -2.15. The molecule has 146 valence electrons. The summed E-state index contributed by atoms with van der Waals surface area (Å²) < 4.78 is 47.3. The van der Waals surface area contributed by atoms with Crippen LogP contribution in [0, 0.1) is 0 Å². The van der Waals surface area contributed by atoms with Crippen molar-refractivity contribution >= 4 is 16.9 Å². The number of rotatable bonds is 3. The molecule has 0 saturated carbocycles. The Hall–Kier alpha value is -2.76. The normalized spacial score (nSPS) is 14.1. The topological polar surface area (TPSA) is 31.2 Å². The zero-order chi connectivity index (χ0) is 19.9. The van der Waals surface area contributed by atoms with Crippen LogP contribution in [0.1, 0.15) is 45.6 Å². The lowest BCUT2D eigenvalue weighted by Gasteiger charge is -2.19. The van der Waals surface area contributed by atoms with Crippen LogP contribution in [0.2, 0.25) is 0 Å². The highest BCUT2D eigenvalue weighted by Crippen LogP contribution is 2.37. The van der Waals surface area contributed by atoms with Crippen LogP contribution in [0.4, 0.5) is 13.2 Å². The number of carbonyl (C=O) groups excluding carboxylic acids is 1. The van der Waals surface area contributed by atoms with Crippen molar-refractivity contribution in [1.82, 2.24) is 4.57 Å². The van der Waals surface area contributed by atoms with Gasteiger partial charge in [0.25, 0.3) is 0 Å². The fourth-order valence-electron chi connectivity index (χ4n) is 4.24. The predicted octanol–water partition coefficient (Wildman–Crippen LogP) is 5.37. The van der Waals surface area contributed by atoms with E-state index in [2.05, 4.69) is 0 Å². The van der Waals surface area contributed by atoms with Crippen molar-refractivity contribution in [2.24, 2.45) is 0 Å². The van der Waals surface area contributed by atoms with Crippen LogP contribution in [0.25, 0.3) is 10.9 Å². The number of carbonyl (C=O) groups is 1. The number of aromatic nitrogens is 1. The van der Waals surface area contributed by atoms with E-state index in [9.17, 15) is 18.0 Å². The Morgan fingerprint density at radius 1 is 1.07 bits per heavy atom. The van der Waals surface area contributed by atoms with Gasteiger partial charge < -0.3 is 9.30 Å². The van der Waals surface area contributed by atoms with Crippen LogP contribution in [0.5, 0.6) is 0 Å². The quantitative estimate of drug-likeness (QED) is 0.566. The first-order chi connectivity index (χ1) is 13.4. The maximum atomic E-state index is 13.5. The van der Waals surface area contributed by atoms with Crippen molar-refractivity contribution < 1.29 is 22.7 Å². The van der Waals surface area contributed by atoms with Gasteiger partial charge in [-0.25, -0.2) is 4.79 Å². The van der Waals surface area contributed by atoms with Crippen LogP contribution < -0.4 is 0 Å². The smallest absolute Gasteiger partial charge is 0.416 e. The highest BCUT2D eigenvalue weighted by atomic mass is 19.4. The monoisotopic (exact) mass is 387 g/mol. The highest BCUT2D eigenvalue weighted by Gasteiger charge is 2.33. The zero-order valence-corrected chi connectivity index (χ0v) is 15.5. The number of hydrogen-bond acceptors (Lipinski definition) is 2. The summed E-state index contributed by atoms with van der Waals surface area (Å²) in [6.45, 7) is 0.0650. The van der Waals surface area contributed by atoms with Crippen LogP contribution in [-0.2, 0) is 30.3 Å². The summed E-state index contributed by atoms with van der Waals surface area (Å²) in [6.07, 6.45) is -0.751. The van der Waals surface area contributed by atoms with Gasteiger partial charge in [-0.15, -0.1) is 0 Å². The Bertz CT molecular complexity index is 1050. The summed E-state index contributed by atoms with van der Waals surface area (Å²) in [5, 5.41) is 0.932. The largest absolute Gasteiger partial charge is 0.465 e. The van der Waals surface area contributed by atoms with E-state index in [1.54, 1.807) is 18.2 Å². The molecule has 4 rings (SSSR count). The van der Waals surface area contributed by atoms with Gasteiger partial charge in [-0.1, -0.05) is 30.3 Å². The molecule has 0 spiro atoms. The molecule has 1 aliphatic carbocycles. The molecule has 3 aromatic rings. The molecule has 2 aromatic carbocycles. The van der Waals surface area contributed by atoms with Crippen LogP contribution in [0.3, 0.4) is 0 Å². The molecule has 0 saturated heterocycles. The second-order valence-corrected chi connectivity index (χ2v) is 7.07. The molecule has 6 heteroatoms. The minimum Gasteiger partial charge on any atom is -0.465 e. The van der Waals surface area contributed by atoms with E-state index in [0.29, 0.717) is 11.1 Å². The summed E-state index contributed by atoms with van der Waals surface area (Å²) in [4.78, 5) is 12.4. The fourth-order valence-corrected chi connectivity index (χ4v) is 4.24. The second kappa shape index (κ2) is 7.00. The third kappa shape index (κ3) is 3.07. The summed E-state index contributed by atoms with van der Waals surface area (Å²) in [5.74, 6) is -0.481. The number of alkyl halides is 3. The number of nitrogens with zero attached hydrogens (tertiary/aromatic N) is 1. The average molecular weight is 387 g/mol. The summed E-state index contributed by atoms with van der Waals surface area (Å²) in [7, 11) is 1.31. The predicted molar refractivity (Wildman–Crippen MR) is 100 cm³/mol. The Morgan fingerprint density at radius 2 is 1.82 bits per heavy atom. The average Bonchev–Trinajstić information content (AvgIpc) is 3.01. The first-order valence-electron chi connectivity index (χ1n) is 9.28. The number of methoxy groups -OCH3 is 1. The van der Waals surface area contributed by atoms with Crippen molar-refractivity contribution in [1.29, 1.82) is 0 Å². The fraction of sp³-hybridized carbons (Fsp3) is 0.318. The molecular formula is C22H20F3NO2. The Balaban J connectivity index is 1.96. The highest BCUT2D eigenvalue weighted by molar-refractivity contribution is 6.04. The maximum absolute atomic E-state index is 13.5. The second-order valence-electron chi connectivity index (χ2n) is 7.07. The van der Waals surface area contributed by atoms with Crippen LogP contribution >= 0.6 is 0 Å². The molecule has 0 N–H and O–H groups in total. The summed E-state index contributed by atoms with van der Waals surface area (Å²) in [5.41, 5.74) is 2.76. The molecule has 1 heterocycles. The standard InChI is InChI=1S/C22H20F3NO2/c1-28-21(27)17-10-6-9-16-15-8-3-5-12-19(15)26(20(16)17)13-14-7-2-4-11-18(14)22(23,24)25/h2,4,6-7,9-11H,3,5,8,12-13H2,1H3. The van der Waals surface area contributed by atoms with Crippen LogP contribution in [0.15, 0.2) is 42.5 Å². The van der Waals surface area contributed by atoms with E-state index >= 15 is 0 Å². The molecule has 28 heavy (non-hydrogen) atoms. The number of ether oxygens (including phenoxy) is 1. The number of hydrogen-bond donors (Lipinski definition) is 0. The minimum absolute atomic E-state index is 0.0650. The van der Waals surface area contributed by atoms with Gasteiger partial charge in [0.1, 0.15) is 0 Å². The van der Waals surface area contributed by atoms with Gasteiger partial charge in [0, 0.05) is 17.6 Å². The Labute approximate surface area is 160 Å². The van der Waals surface area contributed by atoms with Crippen LogP contribution in [-0.4, -0.2) is 17.6 Å². The molecule has 0 unspecified atom stereocenters. The molecule has 1 aromatic heterocycles. The Morgan fingerprint density at radius 3 is 2.57 bits per heavy atom. The lowest BCUT2D eigenvalue weighted by atomic mass is 9.95. The van der Waals surface area contributed by atoms with Gasteiger partial charge in [-0.2, -0.15) is 13.2 Å². The molecule has 1 aliphatic rings. The maximum Gasteiger partial charge on any atom is 0.416 e. The number of benzene rings is 2. The van der Waals surface area contributed by atoms with Crippen molar-refractivity contribution in [2.45, 2.75) is 38.4 Å². The molecular weight excluding hydrogens is 367 g/mol. The number of para-hydroxylation sites is 1. The van der Waals surface area contributed by atoms with E-state index in [1.807, 2.05) is 10.6 Å². The van der Waals surface area contributed by atoms with Crippen molar-refractivity contribution in [3.63, 3.8) is 0 Å². The number of fused-ring (bicyclic) bond motifs is 3. The SMILES string of the molecule is COC(=O)c1cccc2c3c(n(Cc4ccccc4C(F)(F)F)c12)CCCC3. The van der Waals surface area contributed by atoms with E-state index in [4.69, 9.17) is 4.74 Å². The molecule has 3 nitrogen and oxygen atoms in total. The van der Waals surface area contributed by atoms with E-state index in [1.165, 1.54) is 19.2 Å². The molecule has 0 bridgehead atoms. The third-order valence-corrected chi connectivity index (χ3v) is 5.45. The van der Waals surface area contributed by atoms with Gasteiger partial charge in [0.15, 0.2) is 0 Å². The minimum atomic E-state index is -4.43. The molecule has 0 amide bonds. The number of aryl methyl sites for hydroxylation is 1. The molecule has 0 fully saturated rings. The third-order valence-electron chi connectivity index (χ3n) is 5.45. The molecule has 0 radical (unpaired) electrons. The van der Waals surface area contributed by atoms with Crippen molar-refractivity contribution in [3.8, 4) is 0 Å². The summed E-state index contributed by atoms with van der Waals surface area (Å²) in [6, 6.07) is 11.0. The lowest BCUT2D eigenvalue weighted by molar-refractivity contribution is -0.138. The number of halogens is 3. The van der Waals surface area contributed by atoms with Gasteiger partial charge in [-0.05, 0) is 48.9 Å².